The second-order valence-electron chi connectivity index (χ2n) is 7.92. The average molecular weight is 499 g/mol. The Bertz CT molecular complexity index is 1020. The minimum Gasteiger partial charge on any atom is -0.497 e. The summed E-state index contributed by atoms with van der Waals surface area (Å²) in [6.45, 7) is 1.28. The van der Waals surface area contributed by atoms with Crippen LogP contribution in [0.15, 0.2) is 42.5 Å². The molecule has 1 fully saturated rings. The predicted molar refractivity (Wildman–Crippen MR) is 128 cm³/mol. The van der Waals surface area contributed by atoms with Gasteiger partial charge in [0.2, 0.25) is 15.9 Å². The lowest BCUT2D eigenvalue weighted by Crippen LogP contribution is -2.43. The van der Waals surface area contributed by atoms with Gasteiger partial charge in [0.15, 0.2) is 0 Å². The van der Waals surface area contributed by atoms with Gasteiger partial charge in [-0.1, -0.05) is 41.4 Å². The van der Waals surface area contributed by atoms with E-state index in [0.29, 0.717) is 48.1 Å². The Morgan fingerprint density at radius 2 is 1.72 bits per heavy atom. The number of piperidine rings is 1. The van der Waals surface area contributed by atoms with E-state index in [2.05, 4.69) is 5.32 Å². The number of halogens is 2. The topological polar surface area (TPSA) is 75.7 Å². The van der Waals surface area contributed by atoms with Crippen LogP contribution in [0.4, 0.5) is 0 Å². The van der Waals surface area contributed by atoms with Crippen LogP contribution in [0.3, 0.4) is 0 Å². The highest BCUT2D eigenvalue weighted by molar-refractivity contribution is 7.88. The van der Waals surface area contributed by atoms with Crippen molar-refractivity contribution >= 4 is 39.1 Å². The van der Waals surface area contributed by atoms with Gasteiger partial charge >= 0.3 is 0 Å². The number of hydrogen-bond donors (Lipinski definition) is 1. The van der Waals surface area contributed by atoms with Crippen molar-refractivity contribution < 1.29 is 17.9 Å². The lowest BCUT2D eigenvalue weighted by atomic mass is 9.97. The summed E-state index contributed by atoms with van der Waals surface area (Å²) >= 11 is 11.9. The molecule has 9 heteroatoms. The minimum atomic E-state index is -3.48. The first-order valence-electron chi connectivity index (χ1n) is 10.6. The van der Waals surface area contributed by atoms with E-state index in [9.17, 15) is 13.2 Å². The Balaban J connectivity index is 1.40. The van der Waals surface area contributed by atoms with Crippen LogP contribution in [0, 0.1) is 5.92 Å². The third-order valence-corrected chi connectivity index (χ3v) is 8.24. The van der Waals surface area contributed by atoms with Crippen molar-refractivity contribution in [2.75, 3.05) is 26.7 Å². The Kier molecular flexibility index (Phi) is 8.82. The molecular formula is C23H28Cl2N2O4S. The Hall–Kier alpha value is -1.80. The van der Waals surface area contributed by atoms with E-state index in [1.54, 1.807) is 25.3 Å². The van der Waals surface area contributed by atoms with Crippen LogP contribution in [0.25, 0.3) is 0 Å². The van der Waals surface area contributed by atoms with Gasteiger partial charge in [-0.2, -0.15) is 0 Å². The standard InChI is InChI=1S/C23H28Cl2N2O4S/c1-31-20-7-4-17(5-8-20)3-2-12-26-23(28)19-10-13-27(14-11-19)32(29,30)16-18-6-9-21(24)22(25)15-18/h4-9,15,19H,2-3,10-14,16H2,1H3,(H,26,28). The average Bonchev–Trinajstić information content (AvgIpc) is 2.79. The molecule has 0 aromatic heterocycles. The monoisotopic (exact) mass is 498 g/mol. The molecular weight excluding hydrogens is 471 g/mol. The third kappa shape index (κ3) is 6.85. The molecule has 0 radical (unpaired) electrons. The summed E-state index contributed by atoms with van der Waals surface area (Å²) in [6.07, 6.45) is 2.75. The summed E-state index contributed by atoms with van der Waals surface area (Å²) in [7, 11) is -1.84. The van der Waals surface area contributed by atoms with Gasteiger partial charge in [-0.25, -0.2) is 12.7 Å². The van der Waals surface area contributed by atoms with Crippen LogP contribution in [0.2, 0.25) is 10.0 Å². The maximum absolute atomic E-state index is 12.8. The number of benzene rings is 2. The van der Waals surface area contributed by atoms with E-state index >= 15 is 0 Å². The third-order valence-electron chi connectivity index (χ3n) is 5.65. The van der Waals surface area contributed by atoms with Crippen LogP contribution in [-0.4, -0.2) is 45.4 Å². The van der Waals surface area contributed by atoms with Gasteiger partial charge in [-0.05, 0) is 61.1 Å². The zero-order chi connectivity index (χ0) is 23.1. The van der Waals surface area contributed by atoms with Gasteiger partial charge in [-0.15, -0.1) is 0 Å². The molecule has 32 heavy (non-hydrogen) atoms. The number of rotatable bonds is 9. The molecule has 1 amide bonds. The summed E-state index contributed by atoms with van der Waals surface area (Å²) in [5.74, 6) is 0.535. The van der Waals surface area contributed by atoms with E-state index in [1.165, 1.54) is 9.87 Å². The molecule has 0 bridgehead atoms. The second kappa shape index (κ2) is 11.4. The summed E-state index contributed by atoms with van der Waals surface area (Å²) in [4.78, 5) is 12.5. The number of carbonyl (C=O) groups excluding carboxylic acids is 1. The number of aryl methyl sites for hydroxylation is 1. The van der Waals surface area contributed by atoms with Gasteiger partial charge in [0.1, 0.15) is 5.75 Å². The molecule has 0 spiro atoms. The normalized spacial score (nSPS) is 15.5. The zero-order valence-corrected chi connectivity index (χ0v) is 20.3. The number of hydrogen-bond acceptors (Lipinski definition) is 4. The highest BCUT2D eigenvalue weighted by Gasteiger charge is 2.31. The molecule has 0 unspecified atom stereocenters. The fourth-order valence-corrected chi connectivity index (χ4v) is 5.64. The lowest BCUT2D eigenvalue weighted by Gasteiger charge is -2.30. The number of nitrogens with zero attached hydrogens (tertiary/aromatic N) is 1. The summed E-state index contributed by atoms with van der Waals surface area (Å²) in [5.41, 5.74) is 1.79. The highest BCUT2D eigenvalue weighted by Crippen LogP contribution is 2.26. The molecule has 2 aromatic carbocycles. The van der Waals surface area contributed by atoms with E-state index < -0.39 is 10.0 Å². The second-order valence-corrected chi connectivity index (χ2v) is 10.7. The van der Waals surface area contributed by atoms with E-state index in [-0.39, 0.29) is 17.6 Å². The molecule has 0 atom stereocenters. The Morgan fingerprint density at radius 3 is 2.34 bits per heavy atom. The number of amides is 1. The summed E-state index contributed by atoms with van der Waals surface area (Å²) < 4.78 is 32.1. The van der Waals surface area contributed by atoms with Crippen molar-refractivity contribution in [1.82, 2.24) is 9.62 Å². The van der Waals surface area contributed by atoms with Crippen LogP contribution in [0.5, 0.6) is 5.75 Å². The molecule has 1 heterocycles. The fourth-order valence-electron chi connectivity index (χ4n) is 3.77. The lowest BCUT2D eigenvalue weighted by molar-refractivity contribution is -0.126. The van der Waals surface area contributed by atoms with E-state index in [4.69, 9.17) is 27.9 Å². The molecule has 174 valence electrons. The number of ether oxygens (including phenoxy) is 1. The van der Waals surface area contributed by atoms with Crippen LogP contribution < -0.4 is 10.1 Å². The maximum Gasteiger partial charge on any atom is 0.223 e. The smallest absolute Gasteiger partial charge is 0.223 e. The quantitative estimate of drug-likeness (QED) is 0.523. The van der Waals surface area contributed by atoms with Crippen LogP contribution in [0.1, 0.15) is 30.4 Å². The van der Waals surface area contributed by atoms with Gasteiger partial charge in [-0.3, -0.25) is 4.79 Å². The molecule has 0 aliphatic carbocycles. The number of nitrogens with one attached hydrogen (secondary N) is 1. The van der Waals surface area contributed by atoms with Crippen molar-refractivity contribution in [3.8, 4) is 5.75 Å². The first kappa shape index (κ1) is 24.8. The molecule has 1 aliphatic heterocycles. The molecule has 3 rings (SSSR count). The van der Waals surface area contributed by atoms with Crippen molar-refractivity contribution in [1.29, 1.82) is 0 Å². The molecule has 1 N–H and O–H groups in total. The first-order chi connectivity index (χ1) is 15.3. The highest BCUT2D eigenvalue weighted by atomic mass is 35.5. The van der Waals surface area contributed by atoms with Gasteiger partial charge in [0.05, 0.1) is 22.9 Å². The number of methoxy groups -OCH3 is 1. The fraction of sp³-hybridized carbons (Fsp3) is 0.435. The Morgan fingerprint density at radius 1 is 1.06 bits per heavy atom. The molecule has 2 aromatic rings. The predicted octanol–water partition coefficient (Wildman–Crippen LogP) is 4.29. The largest absolute Gasteiger partial charge is 0.497 e. The van der Waals surface area contributed by atoms with Gasteiger partial charge < -0.3 is 10.1 Å². The SMILES string of the molecule is COc1ccc(CCCNC(=O)C2CCN(S(=O)(=O)Cc3ccc(Cl)c(Cl)c3)CC2)cc1. The minimum absolute atomic E-state index is 0.00117. The Labute approximate surface area is 199 Å². The van der Waals surface area contributed by atoms with Crippen molar-refractivity contribution in [3.63, 3.8) is 0 Å². The maximum atomic E-state index is 12.8. The molecule has 6 nitrogen and oxygen atoms in total. The van der Waals surface area contributed by atoms with Crippen molar-refractivity contribution in [2.24, 2.45) is 5.92 Å². The van der Waals surface area contributed by atoms with Crippen molar-refractivity contribution in [2.45, 2.75) is 31.4 Å². The van der Waals surface area contributed by atoms with Gasteiger partial charge in [0, 0.05) is 25.6 Å². The number of sulfonamides is 1. The summed E-state index contributed by atoms with van der Waals surface area (Å²) in [6, 6.07) is 12.7. The van der Waals surface area contributed by atoms with Gasteiger partial charge in [0.25, 0.3) is 0 Å². The molecule has 1 aliphatic rings. The summed E-state index contributed by atoms with van der Waals surface area (Å²) in [5, 5.41) is 3.72. The van der Waals surface area contributed by atoms with E-state index in [1.807, 2.05) is 24.3 Å². The first-order valence-corrected chi connectivity index (χ1v) is 13.0. The van der Waals surface area contributed by atoms with Crippen LogP contribution >= 0.6 is 23.2 Å². The van der Waals surface area contributed by atoms with Crippen LogP contribution in [-0.2, 0) is 27.0 Å². The van der Waals surface area contributed by atoms with Crippen molar-refractivity contribution in [3.05, 3.63) is 63.6 Å². The van der Waals surface area contributed by atoms with E-state index in [0.717, 1.165) is 18.6 Å². The number of carbonyl (C=O) groups is 1. The zero-order valence-electron chi connectivity index (χ0n) is 18.0. The molecule has 0 saturated carbocycles. The molecule has 1 saturated heterocycles.